The van der Waals surface area contributed by atoms with Gasteiger partial charge in [-0.05, 0) is 63.5 Å². The molecule has 3 N–H and O–H groups in total. The van der Waals surface area contributed by atoms with E-state index < -0.39 is 35.8 Å². The topological polar surface area (TPSA) is 121 Å². The quantitative estimate of drug-likeness (QED) is 0.205. The number of urea groups is 2. The Bertz CT molecular complexity index is 1510. The summed E-state index contributed by atoms with van der Waals surface area (Å²) >= 11 is 3.31. The van der Waals surface area contributed by atoms with Crippen molar-refractivity contribution in [1.82, 2.24) is 15.2 Å². The van der Waals surface area contributed by atoms with Crippen molar-refractivity contribution in [1.29, 1.82) is 0 Å². The number of amides is 5. The van der Waals surface area contributed by atoms with E-state index in [9.17, 15) is 19.2 Å². The molecule has 0 unspecified atom stereocenters. The standard InChI is InChI=1S/C29H22BrN5O4/c30-23-12-7-17-31-25(23)33-27(38)32-22-15-13-19(14-16-22)24(36)18-35-26(37)29(34-28(35)39,20-8-3-1-4-9-20)21-10-5-2-6-11-21/h1-17H,18H2,(H,34,39)(H2,31,32,33,38). The number of anilines is 2. The van der Waals surface area contributed by atoms with Gasteiger partial charge in [0.25, 0.3) is 5.91 Å². The number of carbonyl (C=O) groups excluding carboxylic acids is 4. The minimum absolute atomic E-state index is 0.283. The number of imide groups is 1. The van der Waals surface area contributed by atoms with Crippen LogP contribution in [0.4, 0.5) is 21.1 Å². The number of aromatic nitrogens is 1. The molecule has 0 radical (unpaired) electrons. The second-order valence-corrected chi connectivity index (χ2v) is 9.57. The molecule has 39 heavy (non-hydrogen) atoms. The molecule has 1 fully saturated rings. The molecule has 0 bridgehead atoms. The predicted octanol–water partition coefficient (Wildman–Crippen LogP) is 5.17. The fourth-order valence-electron chi connectivity index (χ4n) is 4.38. The second kappa shape index (κ2) is 10.9. The molecule has 5 rings (SSSR count). The Hall–Kier alpha value is -4.83. The minimum Gasteiger partial charge on any atom is -0.315 e. The molecule has 0 saturated carbocycles. The van der Waals surface area contributed by atoms with Crippen LogP contribution in [0, 0.1) is 0 Å². The molecule has 9 nitrogen and oxygen atoms in total. The van der Waals surface area contributed by atoms with Crippen molar-refractivity contribution in [3.05, 3.63) is 124 Å². The number of Topliss-reactive ketones (excluding diaryl/α,β-unsaturated/α-hetero) is 1. The third-order valence-corrected chi connectivity index (χ3v) is 6.92. The van der Waals surface area contributed by atoms with Crippen LogP contribution in [-0.4, -0.2) is 40.2 Å². The summed E-state index contributed by atoms with van der Waals surface area (Å²) in [4.78, 5) is 57.3. The fraction of sp³-hybridized carbons (Fsp3) is 0.0690. The van der Waals surface area contributed by atoms with Crippen molar-refractivity contribution >= 4 is 51.2 Å². The lowest BCUT2D eigenvalue weighted by molar-refractivity contribution is -0.129. The van der Waals surface area contributed by atoms with Crippen molar-refractivity contribution in [2.24, 2.45) is 0 Å². The maximum Gasteiger partial charge on any atom is 0.325 e. The summed E-state index contributed by atoms with van der Waals surface area (Å²) in [6.07, 6.45) is 1.55. The predicted molar refractivity (Wildman–Crippen MR) is 149 cm³/mol. The Kier molecular flexibility index (Phi) is 7.20. The lowest BCUT2D eigenvalue weighted by Crippen LogP contribution is -2.45. The van der Waals surface area contributed by atoms with Crippen LogP contribution in [0.15, 0.2) is 108 Å². The molecule has 0 spiro atoms. The van der Waals surface area contributed by atoms with Crippen molar-refractivity contribution in [2.75, 3.05) is 17.2 Å². The van der Waals surface area contributed by atoms with Crippen LogP contribution in [0.3, 0.4) is 0 Å². The van der Waals surface area contributed by atoms with E-state index in [1.165, 1.54) is 12.1 Å². The zero-order valence-corrected chi connectivity index (χ0v) is 22.0. The van der Waals surface area contributed by atoms with Crippen LogP contribution in [0.25, 0.3) is 0 Å². The van der Waals surface area contributed by atoms with E-state index >= 15 is 0 Å². The third-order valence-electron chi connectivity index (χ3n) is 6.28. The van der Waals surface area contributed by atoms with Crippen LogP contribution in [0.1, 0.15) is 21.5 Å². The summed E-state index contributed by atoms with van der Waals surface area (Å²) in [6.45, 7) is -0.437. The number of benzene rings is 3. The molecule has 1 aliphatic heterocycles. The summed E-state index contributed by atoms with van der Waals surface area (Å²) < 4.78 is 0.630. The Morgan fingerprint density at radius 3 is 2.03 bits per heavy atom. The van der Waals surface area contributed by atoms with Gasteiger partial charge in [0.05, 0.1) is 11.0 Å². The molecule has 1 saturated heterocycles. The van der Waals surface area contributed by atoms with Crippen LogP contribution in [-0.2, 0) is 10.3 Å². The Labute approximate surface area is 232 Å². The summed E-state index contributed by atoms with van der Waals surface area (Å²) in [5.41, 5.74) is 0.472. The highest BCUT2D eigenvalue weighted by Crippen LogP contribution is 2.36. The van der Waals surface area contributed by atoms with E-state index in [1.54, 1.807) is 79.0 Å². The van der Waals surface area contributed by atoms with Gasteiger partial charge in [-0.1, -0.05) is 60.7 Å². The minimum atomic E-state index is -1.44. The van der Waals surface area contributed by atoms with E-state index in [2.05, 4.69) is 36.9 Å². The van der Waals surface area contributed by atoms with Gasteiger partial charge in [-0.15, -0.1) is 0 Å². The average Bonchev–Trinajstić information content (AvgIpc) is 3.21. The largest absolute Gasteiger partial charge is 0.325 e. The Morgan fingerprint density at radius 2 is 1.44 bits per heavy atom. The van der Waals surface area contributed by atoms with Gasteiger partial charge in [-0.25, -0.2) is 14.6 Å². The highest BCUT2D eigenvalue weighted by Gasteiger charge is 2.54. The number of ketones is 1. The second-order valence-electron chi connectivity index (χ2n) is 8.72. The van der Waals surface area contributed by atoms with Crippen LogP contribution >= 0.6 is 15.9 Å². The first-order valence-corrected chi connectivity index (χ1v) is 12.7. The van der Waals surface area contributed by atoms with Gasteiger partial charge in [0.15, 0.2) is 11.3 Å². The summed E-state index contributed by atoms with van der Waals surface area (Å²) in [5.74, 6) is -0.602. The molecule has 0 aliphatic carbocycles. The number of halogens is 1. The maximum atomic E-state index is 13.8. The van der Waals surface area contributed by atoms with Crippen LogP contribution in [0.2, 0.25) is 0 Å². The molecule has 1 aromatic heterocycles. The highest BCUT2D eigenvalue weighted by atomic mass is 79.9. The van der Waals surface area contributed by atoms with E-state index in [1.807, 2.05) is 12.1 Å². The van der Waals surface area contributed by atoms with Gasteiger partial charge in [0.2, 0.25) is 0 Å². The molecule has 0 atom stereocenters. The van der Waals surface area contributed by atoms with Gasteiger partial charge in [-0.2, -0.15) is 0 Å². The third kappa shape index (κ3) is 5.14. The molecule has 1 aliphatic rings. The van der Waals surface area contributed by atoms with Gasteiger partial charge < -0.3 is 10.6 Å². The number of nitrogens with zero attached hydrogens (tertiary/aromatic N) is 2. The molecular formula is C29H22BrN5O4. The molecule has 5 amide bonds. The summed E-state index contributed by atoms with van der Waals surface area (Å²) in [7, 11) is 0. The lowest BCUT2D eigenvalue weighted by atomic mass is 9.82. The first-order valence-electron chi connectivity index (χ1n) is 12.0. The van der Waals surface area contributed by atoms with E-state index in [4.69, 9.17) is 0 Å². The molecule has 2 heterocycles. The number of pyridine rings is 1. The summed E-state index contributed by atoms with van der Waals surface area (Å²) in [5, 5.41) is 8.13. The fourth-order valence-corrected chi connectivity index (χ4v) is 4.73. The number of nitrogens with one attached hydrogen (secondary N) is 3. The Morgan fingerprint density at radius 1 is 0.821 bits per heavy atom. The van der Waals surface area contributed by atoms with Crippen molar-refractivity contribution in [2.45, 2.75) is 5.54 Å². The molecule has 10 heteroatoms. The smallest absolute Gasteiger partial charge is 0.315 e. The lowest BCUT2D eigenvalue weighted by Gasteiger charge is -2.28. The molecule has 3 aromatic carbocycles. The zero-order chi connectivity index (χ0) is 27.4. The highest BCUT2D eigenvalue weighted by molar-refractivity contribution is 9.10. The van der Waals surface area contributed by atoms with Crippen molar-refractivity contribution in [3.8, 4) is 0 Å². The Balaban J connectivity index is 1.30. The van der Waals surface area contributed by atoms with E-state index in [-0.39, 0.29) is 5.56 Å². The number of rotatable bonds is 7. The van der Waals surface area contributed by atoms with Gasteiger partial charge in [0.1, 0.15) is 5.82 Å². The van der Waals surface area contributed by atoms with Crippen LogP contribution < -0.4 is 16.0 Å². The first-order chi connectivity index (χ1) is 18.9. The van der Waals surface area contributed by atoms with Crippen molar-refractivity contribution in [3.63, 3.8) is 0 Å². The van der Waals surface area contributed by atoms with Crippen molar-refractivity contribution < 1.29 is 19.2 Å². The van der Waals surface area contributed by atoms with Gasteiger partial charge in [0, 0.05) is 17.4 Å². The number of carbonyl (C=O) groups is 4. The number of hydrogen-bond acceptors (Lipinski definition) is 5. The molecule has 194 valence electrons. The SMILES string of the molecule is O=C(Nc1ccc(C(=O)CN2C(=O)NC(c3ccccc3)(c3ccccc3)C2=O)cc1)Nc1ncccc1Br. The van der Waals surface area contributed by atoms with E-state index in [0.717, 1.165) is 4.90 Å². The van der Waals surface area contributed by atoms with E-state index in [0.29, 0.717) is 27.1 Å². The molecule has 4 aromatic rings. The van der Waals surface area contributed by atoms with Gasteiger partial charge >= 0.3 is 12.1 Å². The maximum absolute atomic E-state index is 13.8. The monoisotopic (exact) mass is 583 g/mol. The van der Waals surface area contributed by atoms with Crippen LogP contribution in [0.5, 0.6) is 0 Å². The van der Waals surface area contributed by atoms with Gasteiger partial charge in [-0.3, -0.25) is 19.8 Å². The normalized spacial score (nSPS) is 14.0. The average molecular weight is 584 g/mol. The summed E-state index contributed by atoms with van der Waals surface area (Å²) in [6, 6.07) is 26.4. The first kappa shape index (κ1) is 25.8. The number of hydrogen-bond donors (Lipinski definition) is 3. The zero-order valence-electron chi connectivity index (χ0n) is 20.4. The molecular weight excluding hydrogens is 562 g/mol.